The Bertz CT molecular complexity index is 496. The molecule has 0 aliphatic heterocycles. The molecule has 0 saturated heterocycles. The molecule has 4 heteroatoms. The van der Waals surface area contributed by atoms with Gasteiger partial charge in [0.1, 0.15) is 5.76 Å². The van der Waals surface area contributed by atoms with E-state index >= 15 is 0 Å². The summed E-state index contributed by atoms with van der Waals surface area (Å²) in [6, 6.07) is 7.86. The first kappa shape index (κ1) is 10.2. The lowest BCUT2D eigenvalue weighted by Crippen LogP contribution is -2.24. The van der Waals surface area contributed by atoms with E-state index in [1.54, 1.807) is 12.3 Å². The standard InChI is InChI=1S/C13H13NO3/c15-9-12-5-6-13(17-12)14(10-3-4-10)8-11-2-1-7-16-11/h1-2,5-7,9-10H,3-4,8H2. The van der Waals surface area contributed by atoms with Crippen molar-refractivity contribution in [2.45, 2.75) is 25.4 Å². The van der Waals surface area contributed by atoms with Crippen molar-refractivity contribution < 1.29 is 13.6 Å². The van der Waals surface area contributed by atoms with Crippen LogP contribution in [0.1, 0.15) is 29.2 Å². The van der Waals surface area contributed by atoms with Crippen LogP contribution in [-0.4, -0.2) is 12.3 Å². The second-order valence-electron chi connectivity index (χ2n) is 4.23. The van der Waals surface area contributed by atoms with Crippen LogP contribution >= 0.6 is 0 Å². The van der Waals surface area contributed by atoms with Crippen LogP contribution in [0.4, 0.5) is 5.88 Å². The van der Waals surface area contributed by atoms with E-state index in [0.29, 0.717) is 18.3 Å². The summed E-state index contributed by atoms with van der Waals surface area (Å²) >= 11 is 0. The molecule has 0 unspecified atom stereocenters. The summed E-state index contributed by atoms with van der Waals surface area (Å²) in [5, 5.41) is 0. The fourth-order valence-electron chi connectivity index (χ4n) is 1.90. The highest BCUT2D eigenvalue weighted by molar-refractivity contribution is 5.71. The number of hydrogen-bond acceptors (Lipinski definition) is 4. The number of carbonyl (C=O) groups excluding carboxylic acids is 1. The van der Waals surface area contributed by atoms with Crippen molar-refractivity contribution >= 4 is 12.2 Å². The van der Waals surface area contributed by atoms with E-state index < -0.39 is 0 Å². The number of nitrogens with zero attached hydrogens (tertiary/aromatic N) is 1. The van der Waals surface area contributed by atoms with Gasteiger partial charge in [-0.25, -0.2) is 0 Å². The Morgan fingerprint density at radius 3 is 2.82 bits per heavy atom. The summed E-state index contributed by atoms with van der Waals surface area (Å²) in [5.41, 5.74) is 0. The van der Waals surface area contributed by atoms with Crippen LogP contribution in [0.25, 0.3) is 0 Å². The molecule has 1 saturated carbocycles. The number of anilines is 1. The van der Waals surface area contributed by atoms with Crippen molar-refractivity contribution in [3.63, 3.8) is 0 Å². The second-order valence-corrected chi connectivity index (χ2v) is 4.23. The molecule has 0 radical (unpaired) electrons. The third-order valence-corrected chi connectivity index (χ3v) is 2.91. The SMILES string of the molecule is O=Cc1ccc(N(Cc2ccco2)C2CC2)o1. The molecule has 17 heavy (non-hydrogen) atoms. The van der Waals surface area contributed by atoms with E-state index in [1.807, 2.05) is 18.2 Å². The van der Waals surface area contributed by atoms with Crippen LogP contribution in [-0.2, 0) is 6.54 Å². The van der Waals surface area contributed by atoms with E-state index in [0.717, 1.165) is 30.8 Å². The van der Waals surface area contributed by atoms with Crippen LogP contribution in [0.3, 0.4) is 0 Å². The topological polar surface area (TPSA) is 46.6 Å². The van der Waals surface area contributed by atoms with E-state index in [2.05, 4.69) is 4.90 Å². The highest BCUT2D eigenvalue weighted by atomic mass is 16.4. The Kier molecular flexibility index (Phi) is 2.48. The van der Waals surface area contributed by atoms with Gasteiger partial charge in [-0.15, -0.1) is 0 Å². The summed E-state index contributed by atoms with van der Waals surface area (Å²) in [5.74, 6) is 2.01. The van der Waals surface area contributed by atoms with Gasteiger partial charge in [-0.2, -0.15) is 0 Å². The first-order valence-electron chi connectivity index (χ1n) is 5.71. The van der Waals surface area contributed by atoms with Gasteiger partial charge in [0.25, 0.3) is 0 Å². The lowest BCUT2D eigenvalue weighted by atomic mass is 10.4. The molecule has 0 spiro atoms. The summed E-state index contributed by atoms with van der Waals surface area (Å²) < 4.78 is 10.8. The molecule has 1 aliphatic rings. The number of carbonyl (C=O) groups is 1. The molecule has 0 aromatic carbocycles. The van der Waals surface area contributed by atoms with Crippen LogP contribution in [0.5, 0.6) is 0 Å². The van der Waals surface area contributed by atoms with Gasteiger partial charge in [0.05, 0.1) is 12.8 Å². The van der Waals surface area contributed by atoms with Gasteiger partial charge in [0.2, 0.25) is 0 Å². The summed E-state index contributed by atoms with van der Waals surface area (Å²) in [4.78, 5) is 12.8. The van der Waals surface area contributed by atoms with Crippen molar-refractivity contribution in [1.29, 1.82) is 0 Å². The van der Waals surface area contributed by atoms with E-state index in [9.17, 15) is 4.79 Å². The van der Waals surface area contributed by atoms with Crippen LogP contribution in [0.2, 0.25) is 0 Å². The van der Waals surface area contributed by atoms with Gasteiger partial charge in [0, 0.05) is 12.1 Å². The average molecular weight is 231 g/mol. The average Bonchev–Trinajstić information content (AvgIpc) is 2.88. The maximum absolute atomic E-state index is 10.6. The van der Waals surface area contributed by atoms with Gasteiger partial charge in [-0.3, -0.25) is 4.79 Å². The Hall–Kier alpha value is -1.97. The zero-order chi connectivity index (χ0) is 11.7. The quantitative estimate of drug-likeness (QED) is 0.742. The van der Waals surface area contributed by atoms with Crippen LogP contribution < -0.4 is 4.90 Å². The van der Waals surface area contributed by atoms with Gasteiger partial charge < -0.3 is 13.7 Å². The lowest BCUT2D eigenvalue weighted by molar-refractivity contribution is 0.110. The molecule has 0 amide bonds. The van der Waals surface area contributed by atoms with Crippen LogP contribution in [0, 0.1) is 0 Å². The maximum atomic E-state index is 10.6. The molecule has 2 aromatic rings. The summed E-state index contributed by atoms with van der Waals surface area (Å²) in [6.45, 7) is 0.684. The van der Waals surface area contributed by atoms with Crippen molar-refractivity contribution in [1.82, 2.24) is 0 Å². The maximum Gasteiger partial charge on any atom is 0.196 e. The first-order chi connectivity index (χ1) is 8.36. The Balaban J connectivity index is 1.82. The van der Waals surface area contributed by atoms with Gasteiger partial charge >= 0.3 is 0 Å². The predicted octanol–water partition coefficient (Wildman–Crippen LogP) is 2.85. The fourth-order valence-corrected chi connectivity index (χ4v) is 1.90. The van der Waals surface area contributed by atoms with Crippen molar-refractivity contribution in [3.8, 4) is 0 Å². The Morgan fingerprint density at radius 1 is 1.35 bits per heavy atom. The molecule has 2 heterocycles. The van der Waals surface area contributed by atoms with Gasteiger partial charge in [-0.1, -0.05) is 0 Å². The molecule has 4 nitrogen and oxygen atoms in total. The number of aldehydes is 1. The van der Waals surface area contributed by atoms with E-state index in [1.165, 1.54) is 0 Å². The molecule has 1 fully saturated rings. The smallest absolute Gasteiger partial charge is 0.196 e. The fraction of sp³-hybridized carbons (Fsp3) is 0.308. The molecule has 3 rings (SSSR count). The zero-order valence-electron chi connectivity index (χ0n) is 9.33. The first-order valence-corrected chi connectivity index (χ1v) is 5.71. The third kappa shape index (κ3) is 2.11. The summed E-state index contributed by atoms with van der Waals surface area (Å²) in [7, 11) is 0. The molecule has 88 valence electrons. The highest BCUT2D eigenvalue weighted by Crippen LogP contribution is 2.33. The molecule has 0 bridgehead atoms. The molecule has 0 N–H and O–H groups in total. The Morgan fingerprint density at radius 2 is 2.24 bits per heavy atom. The minimum atomic E-state index is 0.366. The largest absolute Gasteiger partial charge is 0.467 e. The van der Waals surface area contributed by atoms with E-state index in [4.69, 9.17) is 8.83 Å². The molecule has 2 aromatic heterocycles. The Labute approximate surface area is 98.8 Å². The van der Waals surface area contributed by atoms with Crippen LogP contribution in [0.15, 0.2) is 39.4 Å². The molecular weight excluding hydrogens is 218 g/mol. The van der Waals surface area contributed by atoms with Gasteiger partial charge in [0.15, 0.2) is 17.9 Å². The van der Waals surface area contributed by atoms with Crippen molar-refractivity contribution in [2.75, 3.05) is 4.90 Å². The van der Waals surface area contributed by atoms with E-state index in [-0.39, 0.29) is 0 Å². The van der Waals surface area contributed by atoms with Crippen molar-refractivity contribution in [2.24, 2.45) is 0 Å². The normalized spacial score (nSPS) is 14.8. The monoisotopic (exact) mass is 231 g/mol. The minimum Gasteiger partial charge on any atom is -0.467 e. The second kappa shape index (κ2) is 4.13. The highest BCUT2D eigenvalue weighted by Gasteiger charge is 2.31. The summed E-state index contributed by atoms with van der Waals surface area (Å²) in [6.07, 6.45) is 4.72. The number of rotatable bonds is 5. The number of furan rings is 2. The number of hydrogen-bond donors (Lipinski definition) is 0. The lowest BCUT2D eigenvalue weighted by Gasteiger charge is -2.19. The van der Waals surface area contributed by atoms with Gasteiger partial charge in [-0.05, 0) is 31.0 Å². The predicted molar refractivity (Wildman–Crippen MR) is 62.0 cm³/mol. The molecular formula is C13H13NO3. The van der Waals surface area contributed by atoms with Crippen molar-refractivity contribution in [3.05, 3.63) is 42.0 Å². The molecule has 1 aliphatic carbocycles. The molecule has 0 atom stereocenters. The zero-order valence-corrected chi connectivity index (χ0v) is 9.33. The minimum absolute atomic E-state index is 0.366. The third-order valence-electron chi connectivity index (χ3n) is 2.91.